The standard InChI is InChI=1S/C15H27N3O2/c1-5-15(6-2,11-19)10-17-13-14(20)18(8-7-16-13)9-12(3)4/h7-8,12,19H,5-6,9-11H2,1-4H3,(H,16,17). The van der Waals surface area contributed by atoms with Gasteiger partial charge in [-0.1, -0.05) is 27.7 Å². The Balaban J connectivity index is 2.86. The van der Waals surface area contributed by atoms with E-state index in [2.05, 4.69) is 38.0 Å². The molecule has 114 valence electrons. The van der Waals surface area contributed by atoms with Crippen LogP contribution in [-0.4, -0.2) is 27.8 Å². The van der Waals surface area contributed by atoms with Gasteiger partial charge in [0.25, 0.3) is 5.56 Å². The third-order valence-electron chi connectivity index (χ3n) is 3.94. The minimum atomic E-state index is -0.188. The summed E-state index contributed by atoms with van der Waals surface area (Å²) in [6.07, 6.45) is 5.08. The predicted octanol–water partition coefficient (Wildman–Crippen LogP) is 2.11. The average Bonchev–Trinajstić information content (AvgIpc) is 2.44. The molecule has 1 rings (SSSR count). The van der Waals surface area contributed by atoms with Crippen LogP contribution in [0, 0.1) is 11.3 Å². The molecule has 5 nitrogen and oxygen atoms in total. The molecule has 0 saturated heterocycles. The van der Waals surface area contributed by atoms with Gasteiger partial charge in [0.1, 0.15) is 0 Å². The lowest BCUT2D eigenvalue weighted by molar-refractivity contribution is 0.127. The summed E-state index contributed by atoms with van der Waals surface area (Å²) >= 11 is 0. The van der Waals surface area contributed by atoms with Crippen molar-refractivity contribution in [3.63, 3.8) is 0 Å². The first kappa shape index (κ1) is 16.7. The maximum Gasteiger partial charge on any atom is 0.293 e. The fraction of sp³-hybridized carbons (Fsp3) is 0.733. The summed E-state index contributed by atoms with van der Waals surface area (Å²) in [5.74, 6) is 0.777. The first-order chi connectivity index (χ1) is 9.48. The maximum absolute atomic E-state index is 12.3. The first-order valence-corrected chi connectivity index (χ1v) is 7.38. The highest BCUT2D eigenvalue weighted by molar-refractivity contribution is 5.31. The van der Waals surface area contributed by atoms with Crippen LogP contribution in [0.4, 0.5) is 5.82 Å². The zero-order valence-electron chi connectivity index (χ0n) is 13.0. The molecular formula is C15H27N3O2. The third-order valence-corrected chi connectivity index (χ3v) is 3.94. The quantitative estimate of drug-likeness (QED) is 0.766. The Bertz CT molecular complexity index is 456. The molecule has 0 bridgehead atoms. The molecule has 1 aromatic heterocycles. The molecule has 0 aromatic carbocycles. The smallest absolute Gasteiger partial charge is 0.293 e. The lowest BCUT2D eigenvalue weighted by Gasteiger charge is -2.29. The van der Waals surface area contributed by atoms with E-state index in [4.69, 9.17) is 0 Å². The van der Waals surface area contributed by atoms with Crippen molar-refractivity contribution < 1.29 is 5.11 Å². The van der Waals surface area contributed by atoms with Crippen molar-refractivity contribution in [2.45, 2.75) is 47.1 Å². The molecule has 0 amide bonds. The van der Waals surface area contributed by atoms with E-state index in [-0.39, 0.29) is 17.6 Å². The van der Waals surface area contributed by atoms with Gasteiger partial charge in [-0.15, -0.1) is 0 Å². The Hall–Kier alpha value is -1.36. The van der Waals surface area contributed by atoms with E-state index in [9.17, 15) is 9.90 Å². The van der Waals surface area contributed by atoms with E-state index in [0.29, 0.717) is 24.8 Å². The number of aliphatic hydroxyl groups is 1. The molecule has 1 aromatic rings. The van der Waals surface area contributed by atoms with Gasteiger partial charge in [0, 0.05) is 30.9 Å². The average molecular weight is 281 g/mol. The Morgan fingerprint density at radius 2 is 2.05 bits per heavy atom. The van der Waals surface area contributed by atoms with Gasteiger partial charge >= 0.3 is 0 Å². The monoisotopic (exact) mass is 281 g/mol. The van der Waals surface area contributed by atoms with E-state index in [1.54, 1.807) is 17.0 Å². The molecule has 0 spiro atoms. The molecule has 5 heteroatoms. The third kappa shape index (κ3) is 4.07. The largest absolute Gasteiger partial charge is 0.396 e. The van der Waals surface area contributed by atoms with Crippen LogP contribution in [-0.2, 0) is 6.54 Å². The number of anilines is 1. The fourth-order valence-electron chi connectivity index (χ4n) is 2.16. The fourth-order valence-corrected chi connectivity index (χ4v) is 2.16. The number of aliphatic hydroxyl groups excluding tert-OH is 1. The number of hydrogen-bond acceptors (Lipinski definition) is 4. The van der Waals surface area contributed by atoms with Crippen LogP contribution in [0.3, 0.4) is 0 Å². The minimum Gasteiger partial charge on any atom is -0.396 e. The lowest BCUT2D eigenvalue weighted by atomic mass is 9.83. The highest BCUT2D eigenvalue weighted by Crippen LogP contribution is 2.25. The Kier molecular flexibility index (Phi) is 6.20. The molecule has 0 unspecified atom stereocenters. The van der Waals surface area contributed by atoms with Crippen LogP contribution in [0.5, 0.6) is 0 Å². The molecule has 20 heavy (non-hydrogen) atoms. The highest BCUT2D eigenvalue weighted by Gasteiger charge is 2.25. The molecular weight excluding hydrogens is 254 g/mol. The number of nitrogens with zero attached hydrogens (tertiary/aromatic N) is 2. The van der Waals surface area contributed by atoms with Gasteiger partial charge in [0.05, 0.1) is 6.61 Å². The van der Waals surface area contributed by atoms with Crippen molar-refractivity contribution in [3.05, 3.63) is 22.7 Å². The van der Waals surface area contributed by atoms with Crippen molar-refractivity contribution in [3.8, 4) is 0 Å². The van der Waals surface area contributed by atoms with Gasteiger partial charge in [0.15, 0.2) is 5.82 Å². The second kappa shape index (κ2) is 7.43. The van der Waals surface area contributed by atoms with Crippen molar-refractivity contribution in [2.24, 2.45) is 11.3 Å². The van der Waals surface area contributed by atoms with Gasteiger partial charge < -0.3 is 15.0 Å². The van der Waals surface area contributed by atoms with Crippen molar-refractivity contribution in [1.29, 1.82) is 0 Å². The lowest BCUT2D eigenvalue weighted by Crippen LogP contribution is -2.35. The summed E-state index contributed by atoms with van der Waals surface area (Å²) in [6, 6.07) is 0. The van der Waals surface area contributed by atoms with Crippen molar-refractivity contribution in [1.82, 2.24) is 9.55 Å². The minimum absolute atomic E-state index is 0.0970. The van der Waals surface area contributed by atoms with Crippen molar-refractivity contribution >= 4 is 5.82 Å². The topological polar surface area (TPSA) is 67.2 Å². The van der Waals surface area contributed by atoms with E-state index in [1.165, 1.54) is 0 Å². The van der Waals surface area contributed by atoms with Crippen LogP contribution in [0.15, 0.2) is 17.2 Å². The molecule has 0 atom stereocenters. The number of aromatic nitrogens is 2. The number of rotatable bonds is 8. The van der Waals surface area contributed by atoms with E-state index in [0.717, 1.165) is 12.8 Å². The molecule has 0 aliphatic carbocycles. The maximum atomic E-state index is 12.3. The summed E-state index contributed by atoms with van der Waals surface area (Å²) in [5, 5.41) is 12.7. The van der Waals surface area contributed by atoms with Crippen LogP contribution >= 0.6 is 0 Å². The summed E-state index contributed by atoms with van der Waals surface area (Å²) in [5.41, 5.74) is -0.285. The normalized spacial score (nSPS) is 11.9. The SMILES string of the molecule is CCC(CC)(CO)CNc1nccn(CC(C)C)c1=O. The molecule has 0 aliphatic heterocycles. The Morgan fingerprint density at radius 1 is 1.40 bits per heavy atom. The van der Waals surface area contributed by atoms with Crippen LogP contribution < -0.4 is 10.9 Å². The zero-order valence-corrected chi connectivity index (χ0v) is 13.0. The van der Waals surface area contributed by atoms with E-state index >= 15 is 0 Å². The zero-order chi connectivity index (χ0) is 15.2. The number of hydrogen-bond donors (Lipinski definition) is 2. The summed E-state index contributed by atoms with van der Waals surface area (Å²) < 4.78 is 1.68. The van der Waals surface area contributed by atoms with Gasteiger partial charge in [0.2, 0.25) is 0 Å². The highest BCUT2D eigenvalue weighted by atomic mass is 16.3. The van der Waals surface area contributed by atoms with E-state index < -0.39 is 0 Å². The molecule has 1 heterocycles. The number of nitrogens with one attached hydrogen (secondary N) is 1. The summed E-state index contributed by atoms with van der Waals surface area (Å²) in [6.45, 7) is 9.61. The summed E-state index contributed by atoms with van der Waals surface area (Å²) in [7, 11) is 0. The van der Waals surface area contributed by atoms with E-state index in [1.807, 2.05) is 0 Å². The predicted molar refractivity (Wildman–Crippen MR) is 81.9 cm³/mol. The molecule has 2 N–H and O–H groups in total. The van der Waals surface area contributed by atoms with Gasteiger partial charge in [-0.25, -0.2) is 4.98 Å². The summed E-state index contributed by atoms with van der Waals surface area (Å²) in [4.78, 5) is 16.4. The van der Waals surface area contributed by atoms with Gasteiger partial charge in [-0.05, 0) is 18.8 Å². The molecule has 0 fully saturated rings. The molecule has 0 saturated carbocycles. The van der Waals surface area contributed by atoms with Gasteiger partial charge in [-0.3, -0.25) is 4.79 Å². The first-order valence-electron chi connectivity index (χ1n) is 7.38. The van der Waals surface area contributed by atoms with Crippen LogP contribution in [0.1, 0.15) is 40.5 Å². The molecule has 0 radical (unpaired) electrons. The second-order valence-electron chi connectivity index (χ2n) is 5.85. The molecule has 0 aliphatic rings. The van der Waals surface area contributed by atoms with Crippen LogP contribution in [0.25, 0.3) is 0 Å². The Morgan fingerprint density at radius 3 is 2.55 bits per heavy atom. The van der Waals surface area contributed by atoms with Crippen molar-refractivity contribution in [2.75, 3.05) is 18.5 Å². The van der Waals surface area contributed by atoms with Gasteiger partial charge in [-0.2, -0.15) is 0 Å². The Labute approximate surface area is 121 Å². The van der Waals surface area contributed by atoms with Crippen LogP contribution in [0.2, 0.25) is 0 Å². The second-order valence-corrected chi connectivity index (χ2v) is 5.85.